The van der Waals surface area contributed by atoms with Crippen LogP contribution in [0.3, 0.4) is 0 Å². The molecule has 2 fully saturated rings. The van der Waals surface area contributed by atoms with Gasteiger partial charge < -0.3 is 0 Å². The van der Waals surface area contributed by atoms with E-state index >= 15 is 0 Å². The molecule has 0 aliphatic carbocycles. The molecule has 6 heteroatoms. The Morgan fingerprint density at radius 1 is 1.35 bits per heavy atom. The number of carbonyl (C=O) groups excluding carboxylic acids is 2. The molecule has 2 atom stereocenters. The maximum absolute atomic E-state index is 11.5. The number of amides is 2. The lowest BCUT2D eigenvalue weighted by molar-refractivity contribution is -0.126. The molecule has 1 aromatic heterocycles. The molecule has 3 rings (SSSR count). The first kappa shape index (κ1) is 11.4. The summed E-state index contributed by atoms with van der Waals surface area (Å²) in [6.45, 7) is 2.21. The Morgan fingerprint density at radius 2 is 2.00 bits per heavy atom. The highest BCUT2D eigenvalue weighted by molar-refractivity contribution is 9.10. The van der Waals surface area contributed by atoms with Crippen LogP contribution in [0.1, 0.15) is 4.88 Å². The second-order valence-corrected chi connectivity index (χ2v) is 6.40. The van der Waals surface area contributed by atoms with Crippen LogP contribution in [0.5, 0.6) is 0 Å². The number of hydrogen-bond donors (Lipinski definition) is 1. The van der Waals surface area contributed by atoms with Crippen molar-refractivity contribution in [3.63, 3.8) is 0 Å². The highest BCUT2D eigenvalue weighted by atomic mass is 79.9. The SMILES string of the molecule is O=C1NC(=O)C2CN(Cc3cc(Br)cs3)CC12. The van der Waals surface area contributed by atoms with Crippen LogP contribution in [0, 0.1) is 11.8 Å². The second-order valence-electron chi connectivity index (χ2n) is 4.49. The van der Waals surface area contributed by atoms with Gasteiger partial charge in [0.2, 0.25) is 11.8 Å². The summed E-state index contributed by atoms with van der Waals surface area (Å²) in [5, 5.41) is 4.44. The van der Waals surface area contributed by atoms with E-state index < -0.39 is 0 Å². The van der Waals surface area contributed by atoms with Crippen LogP contribution in [0.4, 0.5) is 0 Å². The third-order valence-corrected chi connectivity index (χ3v) is 5.00. The van der Waals surface area contributed by atoms with Gasteiger partial charge in [-0.3, -0.25) is 19.8 Å². The molecule has 2 amide bonds. The number of fused-ring (bicyclic) bond motifs is 1. The molecular weight excluding hydrogens is 304 g/mol. The van der Waals surface area contributed by atoms with Crippen LogP contribution in [-0.2, 0) is 16.1 Å². The van der Waals surface area contributed by atoms with Crippen LogP contribution < -0.4 is 5.32 Å². The minimum Gasteiger partial charge on any atom is -0.297 e. The average Bonchev–Trinajstić information content (AvgIpc) is 2.90. The van der Waals surface area contributed by atoms with E-state index in [0.29, 0.717) is 13.1 Å². The molecule has 2 aliphatic heterocycles. The van der Waals surface area contributed by atoms with Gasteiger partial charge in [0.15, 0.2) is 0 Å². The van der Waals surface area contributed by atoms with Gasteiger partial charge in [-0.2, -0.15) is 0 Å². The summed E-state index contributed by atoms with van der Waals surface area (Å²) in [6.07, 6.45) is 0. The first-order valence-corrected chi connectivity index (χ1v) is 7.11. The lowest BCUT2D eigenvalue weighted by atomic mass is 10.00. The predicted octanol–water partition coefficient (Wildman–Crippen LogP) is 1.21. The fraction of sp³-hybridized carbons (Fsp3) is 0.455. The van der Waals surface area contributed by atoms with Gasteiger partial charge in [0.25, 0.3) is 0 Å². The Balaban J connectivity index is 1.69. The third kappa shape index (κ3) is 2.05. The smallest absolute Gasteiger partial charge is 0.231 e. The van der Waals surface area contributed by atoms with Crippen molar-refractivity contribution in [2.75, 3.05) is 13.1 Å². The van der Waals surface area contributed by atoms with Gasteiger partial charge >= 0.3 is 0 Å². The largest absolute Gasteiger partial charge is 0.297 e. The highest BCUT2D eigenvalue weighted by Crippen LogP contribution is 2.30. The number of carbonyl (C=O) groups is 2. The minimum atomic E-state index is -0.133. The zero-order valence-corrected chi connectivity index (χ0v) is 11.4. The highest BCUT2D eigenvalue weighted by Gasteiger charge is 2.47. The lowest BCUT2D eigenvalue weighted by Gasteiger charge is -2.14. The summed E-state index contributed by atoms with van der Waals surface area (Å²) in [4.78, 5) is 26.4. The monoisotopic (exact) mass is 314 g/mol. The quantitative estimate of drug-likeness (QED) is 0.835. The fourth-order valence-corrected chi connectivity index (χ4v) is 4.00. The molecule has 0 radical (unpaired) electrons. The Morgan fingerprint density at radius 3 is 2.53 bits per heavy atom. The third-order valence-electron chi connectivity index (χ3n) is 3.32. The van der Waals surface area contributed by atoms with E-state index in [1.807, 2.05) is 5.38 Å². The molecule has 1 aromatic rings. The summed E-state index contributed by atoms with van der Waals surface area (Å²) < 4.78 is 1.09. The summed E-state index contributed by atoms with van der Waals surface area (Å²) in [6, 6.07) is 2.08. The Bertz CT molecular complexity index is 466. The Labute approximate surface area is 111 Å². The number of halogens is 1. The first-order valence-electron chi connectivity index (χ1n) is 5.43. The van der Waals surface area contributed by atoms with E-state index in [2.05, 4.69) is 32.2 Å². The van der Waals surface area contributed by atoms with Crippen molar-refractivity contribution in [2.45, 2.75) is 6.54 Å². The zero-order valence-electron chi connectivity index (χ0n) is 8.98. The van der Waals surface area contributed by atoms with Gasteiger partial charge in [0.05, 0.1) is 11.8 Å². The molecule has 1 N–H and O–H groups in total. The topological polar surface area (TPSA) is 49.4 Å². The number of nitrogens with zero attached hydrogens (tertiary/aromatic N) is 1. The normalized spacial score (nSPS) is 28.5. The maximum Gasteiger partial charge on any atom is 0.231 e. The van der Waals surface area contributed by atoms with Crippen molar-refractivity contribution in [3.8, 4) is 0 Å². The number of nitrogens with one attached hydrogen (secondary N) is 1. The van der Waals surface area contributed by atoms with Crippen molar-refractivity contribution in [1.29, 1.82) is 0 Å². The van der Waals surface area contributed by atoms with E-state index in [1.165, 1.54) is 4.88 Å². The van der Waals surface area contributed by atoms with E-state index in [1.54, 1.807) is 11.3 Å². The molecule has 3 heterocycles. The molecule has 0 bridgehead atoms. The van der Waals surface area contributed by atoms with Crippen molar-refractivity contribution in [2.24, 2.45) is 11.8 Å². The average molecular weight is 315 g/mol. The lowest BCUT2D eigenvalue weighted by Crippen LogP contribution is -2.31. The van der Waals surface area contributed by atoms with Gasteiger partial charge in [0.1, 0.15) is 0 Å². The molecule has 0 saturated carbocycles. The van der Waals surface area contributed by atoms with Crippen LogP contribution in [0.25, 0.3) is 0 Å². The van der Waals surface area contributed by atoms with E-state index in [9.17, 15) is 9.59 Å². The summed E-state index contributed by atoms with van der Waals surface area (Å²) in [5.41, 5.74) is 0. The predicted molar refractivity (Wildman–Crippen MR) is 67.4 cm³/mol. The van der Waals surface area contributed by atoms with Crippen LogP contribution in [0.15, 0.2) is 15.9 Å². The molecule has 0 aromatic carbocycles. The van der Waals surface area contributed by atoms with Gasteiger partial charge in [0, 0.05) is 34.4 Å². The van der Waals surface area contributed by atoms with E-state index in [0.717, 1.165) is 11.0 Å². The molecule has 4 nitrogen and oxygen atoms in total. The number of hydrogen-bond acceptors (Lipinski definition) is 4. The summed E-state index contributed by atoms with van der Waals surface area (Å²) >= 11 is 5.11. The minimum absolute atomic E-state index is 0.102. The van der Waals surface area contributed by atoms with Crippen molar-refractivity contribution >= 4 is 39.1 Å². The number of imide groups is 1. The molecule has 17 heavy (non-hydrogen) atoms. The molecule has 2 unspecified atom stereocenters. The van der Waals surface area contributed by atoms with Crippen molar-refractivity contribution in [1.82, 2.24) is 10.2 Å². The van der Waals surface area contributed by atoms with Crippen LogP contribution >= 0.6 is 27.3 Å². The molecular formula is C11H11BrN2O2S. The van der Waals surface area contributed by atoms with Crippen molar-refractivity contribution in [3.05, 3.63) is 20.8 Å². The van der Waals surface area contributed by atoms with Crippen LogP contribution in [0.2, 0.25) is 0 Å². The fourth-order valence-electron chi connectivity index (χ4n) is 2.51. The maximum atomic E-state index is 11.5. The standard InChI is InChI=1S/C11H11BrN2O2S/c12-6-1-7(17-5-6)2-14-3-8-9(4-14)11(16)13-10(8)15/h1,5,8-9H,2-4H2,(H,13,15,16). The van der Waals surface area contributed by atoms with E-state index in [-0.39, 0.29) is 23.7 Å². The second kappa shape index (κ2) is 4.19. The Kier molecular flexibility index (Phi) is 2.80. The number of thiophene rings is 1. The molecule has 90 valence electrons. The van der Waals surface area contributed by atoms with Gasteiger partial charge in [-0.15, -0.1) is 11.3 Å². The van der Waals surface area contributed by atoms with Crippen molar-refractivity contribution < 1.29 is 9.59 Å². The Hall–Kier alpha value is -0.720. The number of rotatable bonds is 2. The molecule has 0 spiro atoms. The van der Waals surface area contributed by atoms with Gasteiger partial charge in [-0.05, 0) is 22.0 Å². The molecule has 2 saturated heterocycles. The molecule has 2 aliphatic rings. The number of likely N-dealkylation sites (tertiary alicyclic amines) is 1. The van der Waals surface area contributed by atoms with Gasteiger partial charge in [-0.1, -0.05) is 0 Å². The zero-order chi connectivity index (χ0) is 12.0. The summed E-state index contributed by atoms with van der Waals surface area (Å²) in [7, 11) is 0. The summed E-state index contributed by atoms with van der Waals surface area (Å²) in [5.74, 6) is -0.471. The van der Waals surface area contributed by atoms with Crippen LogP contribution in [-0.4, -0.2) is 29.8 Å². The first-order chi connectivity index (χ1) is 8.13. The van der Waals surface area contributed by atoms with Gasteiger partial charge in [-0.25, -0.2) is 0 Å². The van der Waals surface area contributed by atoms with E-state index in [4.69, 9.17) is 0 Å².